The Hall–Kier alpha value is -2.32. The molecule has 2 unspecified atom stereocenters. The molecule has 0 aromatic heterocycles. The Morgan fingerprint density at radius 2 is 1.91 bits per heavy atom. The molecule has 4 rings (SSSR count). The fourth-order valence-electron chi connectivity index (χ4n) is 6.80. The lowest BCUT2D eigenvalue weighted by Crippen LogP contribution is -2.58. The van der Waals surface area contributed by atoms with E-state index in [4.69, 9.17) is 0 Å². The van der Waals surface area contributed by atoms with Gasteiger partial charge < -0.3 is 20.0 Å². The number of aryl methyl sites for hydroxylation is 2. The summed E-state index contributed by atoms with van der Waals surface area (Å²) in [5.74, 6) is -3.32. The van der Waals surface area contributed by atoms with E-state index in [0.29, 0.717) is 12.8 Å². The van der Waals surface area contributed by atoms with Crippen LogP contribution in [0.5, 0.6) is 0 Å². The van der Waals surface area contributed by atoms with E-state index in [1.165, 1.54) is 11.8 Å². The summed E-state index contributed by atoms with van der Waals surface area (Å²) in [6.45, 7) is 13.5. The van der Waals surface area contributed by atoms with Gasteiger partial charge in [-0.05, 0) is 50.7 Å². The van der Waals surface area contributed by atoms with Gasteiger partial charge in [-0.15, -0.1) is 18.3 Å². The SMILES string of the molecule is C=CCN(C(=O)C1N([C@@H](CO)C(C)C)C(=O)[C@@H]2[C@H](C(=O)O)[C@]3(C)CCC12S3)c1c(C)cccc1C. The van der Waals surface area contributed by atoms with Gasteiger partial charge in [0.2, 0.25) is 5.91 Å². The number of para-hydroxylation sites is 1. The molecule has 1 spiro atoms. The normalized spacial score (nSPS) is 32.1. The van der Waals surface area contributed by atoms with Crippen molar-refractivity contribution in [3.63, 3.8) is 0 Å². The Morgan fingerprint density at radius 3 is 2.43 bits per heavy atom. The van der Waals surface area contributed by atoms with Crippen molar-refractivity contribution in [2.75, 3.05) is 18.1 Å². The van der Waals surface area contributed by atoms with Crippen LogP contribution >= 0.6 is 11.8 Å². The number of anilines is 1. The van der Waals surface area contributed by atoms with E-state index < -0.39 is 39.4 Å². The zero-order valence-electron chi connectivity index (χ0n) is 21.2. The van der Waals surface area contributed by atoms with E-state index in [9.17, 15) is 24.6 Å². The second kappa shape index (κ2) is 8.96. The Labute approximate surface area is 211 Å². The lowest BCUT2D eigenvalue weighted by Gasteiger charge is -2.41. The minimum Gasteiger partial charge on any atom is -0.481 e. The molecule has 2 bridgehead atoms. The lowest BCUT2D eigenvalue weighted by atomic mass is 9.66. The first-order valence-corrected chi connectivity index (χ1v) is 13.1. The summed E-state index contributed by atoms with van der Waals surface area (Å²) in [7, 11) is 0. The highest BCUT2D eigenvalue weighted by Gasteiger charge is 2.78. The van der Waals surface area contributed by atoms with Crippen molar-refractivity contribution in [3.8, 4) is 0 Å². The molecular formula is C27H36N2O5S. The van der Waals surface area contributed by atoms with Gasteiger partial charge in [-0.2, -0.15) is 0 Å². The predicted octanol–water partition coefficient (Wildman–Crippen LogP) is 3.41. The number of rotatable bonds is 8. The van der Waals surface area contributed by atoms with Gasteiger partial charge in [0.25, 0.3) is 5.91 Å². The van der Waals surface area contributed by atoms with Crippen LogP contribution in [0.15, 0.2) is 30.9 Å². The molecule has 0 aliphatic carbocycles. The number of carboxylic acid groups (broad SMARTS) is 1. The Morgan fingerprint density at radius 1 is 1.29 bits per heavy atom. The zero-order valence-corrected chi connectivity index (χ0v) is 22.0. The molecule has 8 heteroatoms. The number of aliphatic hydroxyl groups is 1. The van der Waals surface area contributed by atoms with Crippen LogP contribution in [0, 0.1) is 31.6 Å². The quantitative estimate of drug-likeness (QED) is 0.531. The van der Waals surface area contributed by atoms with Crippen LogP contribution < -0.4 is 4.90 Å². The average molecular weight is 501 g/mol. The average Bonchev–Trinajstić information content (AvgIpc) is 3.34. The van der Waals surface area contributed by atoms with Gasteiger partial charge >= 0.3 is 5.97 Å². The van der Waals surface area contributed by atoms with Crippen molar-refractivity contribution in [3.05, 3.63) is 42.0 Å². The van der Waals surface area contributed by atoms with Gasteiger partial charge in [-0.25, -0.2) is 0 Å². The Balaban J connectivity index is 1.91. The number of aliphatic hydroxyl groups excluding tert-OH is 1. The molecule has 7 nitrogen and oxygen atoms in total. The zero-order chi connectivity index (χ0) is 25.9. The van der Waals surface area contributed by atoms with E-state index in [1.807, 2.05) is 52.8 Å². The van der Waals surface area contributed by atoms with Crippen molar-refractivity contribution in [2.45, 2.75) is 69.0 Å². The lowest BCUT2D eigenvalue weighted by molar-refractivity contribution is -0.151. The minimum atomic E-state index is -0.990. The van der Waals surface area contributed by atoms with E-state index in [-0.39, 0.29) is 30.9 Å². The molecule has 1 aromatic rings. The monoisotopic (exact) mass is 500 g/mol. The Kier molecular flexibility index (Phi) is 6.60. The van der Waals surface area contributed by atoms with Crippen LogP contribution in [0.2, 0.25) is 0 Å². The summed E-state index contributed by atoms with van der Waals surface area (Å²) >= 11 is 1.51. The van der Waals surface area contributed by atoms with Gasteiger partial charge in [-0.1, -0.05) is 38.1 Å². The van der Waals surface area contributed by atoms with E-state index >= 15 is 0 Å². The highest BCUT2D eigenvalue weighted by atomic mass is 32.2. The molecule has 2 amide bonds. The molecule has 190 valence electrons. The van der Waals surface area contributed by atoms with Crippen molar-refractivity contribution in [2.24, 2.45) is 17.8 Å². The molecule has 3 fully saturated rings. The summed E-state index contributed by atoms with van der Waals surface area (Å²) < 4.78 is -1.45. The van der Waals surface area contributed by atoms with Crippen LogP contribution in [0.4, 0.5) is 5.69 Å². The summed E-state index contributed by atoms with van der Waals surface area (Å²) in [5, 5.41) is 20.5. The molecule has 6 atom stereocenters. The van der Waals surface area contributed by atoms with E-state index in [2.05, 4.69) is 6.58 Å². The summed E-state index contributed by atoms with van der Waals surface area (Å²) in [6, 6.07) is 4.40. The molecule has 3 saturated heterocycles. The fourth-order valence-corrected chi connectivity index (χ4v) is 9.13. The second-order valence-electron chi connectivity index (χ2n) is 10.8. The number of thioether (sulfide) groups is 1. The molecule has 3 heterocycles. The number of carboxylic acids is 1. The smallest absolute Gasteiger partial charge is 0.308 e. The van der Waals surface area contributed by atoms with Crippen LogP contribution in [-0.2, 0) is 14.4 Å². The highest BCUT2D eigenvalue weighted by Crippen LogP contribution is 2.71. The van der Waals surface area contributed by atoms with Crippen molar-refractivity contribution < 1.29 is 24.6 Å². The first kappa shape index (κ1) is 25.8. The van der Waals surface area contributed by atoms with E-state index in [0.717, 1.165) is 16.8 Å². The minimum absolute atomic E-state index is 0.108. The standard InChI is InChI=1S/C27H36N2O5S/c1-7-13-28(21-16(4)9-8-10-17(21)5)24(32)22-27-12-11-26(6,35-27)20(25(33)34)19(27)23(31)29(22)18(14-30)15(2)3/h7-10,15,18-20,22,30H,1,11-14H2,2-6H3,(H,33,34)/t18-,19-,20+,22?,26-,27?/m0/s1. The fraction of sp³-hybridized carbons (Fsp3) is 0.593. The van der Waals surface area contributed by atoms with Gasteiger partial charge in [0.05, 0.1) is 29.2 Å². The van der Waals surface area contributed by atoms with Crippen molar-refractivity contribution in [1.29, 1.82) is 0 Å². The molecule has 1 aromatic carbocycles. The van der Waals surface area contributed by atoms with E-state index in [1.54, 1.807) is 15.9 Å². The molecule has 3 aliphatic rings. The predicted molar refractivity (Wildman–Crippen MR) is 137 cm³/mol. The number of nitrogens with zero attached hydrogens (tertiary/aromatic N) is 2. The topological polar surface area (TPSA) is 98.2 Å². The number of likely N-dealkylation sites (tertiary alicyclic amines) is 1. The van der Waals surface area contributed by atoms with Crippen LogP contribution in [0.25, 0.3) is 0 Å². The number of fused-ring (bicyclic) bond motifs is 1. The van der Waals surface area contributed by atoms with Crippen molar-refractivity contribution >= 4 is 35.2 Å². The highest BCUT2D eigenvalue weighted by molar-refractivity contribution is 8.02. The number of hydrogen-bond donors (Lipinski definition) is 2. The number of hydrogen-bond acceptors (Lipinski definition) is 5. The number of carbonyl (C=O) groups excluding carboxylic acids is 2. The maximum atomic E-state index is 14.6. The van der Waals surface area contributed by atoms with Gasteiger partial charge in [-0.3, -0.25) is 14.4 Å². The van der Waals surface area contributed by atoms with Gasteiger partial charge in [0, 0.05) is 17.0 Å². The summed E-state index contributed by atoms with van der Waals surface area (Å²) in [5.41, 5.74) is 2.66. The Bertz CT molecular complexity index is 1050. The molecule has 2 N–H and O–H groups in total. The summed E-state index contributed by atoms with van der Waals surface area (Å²) in [4.78, 5) is 44.3. The number of aliphatic carboxylic acids is 1. The third kappa shape index (κ3) is 3.63. The molecule has 0 saturated carbocycles. The second-order valence-corrected chi connectivity index (χ2v) is 12.7. The molecule has 3 aliphatic heterocycles. The van der Waals surface area contributed by atoms with Gasteiger partial charge in [0.1, 0.15) is 6.04 Å². The molecule has 0 radical (unpaired) electrons. The van der Waals surface area contributed by atoms with Crippen LogP contribution in [-0.4, -0.2) is 67.6 Å². The number of amides is 2. The number of benzene rings is 1. The van der Waals surface area contributed by atoms with Gasteiger partial charge in [0.15, 0.2) is 0 Å². The maximum absolute atomic E-state index is 14.6. The van der Waals surface area contributed by atoms with Crippen molar-refractivity contribution in [1.82, 2.24) is 4.90 Å². The first-order valence-electron chi connectivity index (χ1n) is 12.3. The maximum Gasteiger partial charge on any atom is 0.308 e. The van der Waals surface area contributed by atoms with Crippen LogP contribution in [0.1, 0.15) is 44.7 Å². The molecular weight excluding hydrogens is 464 g/mol. The third-order valence-electron chi connectivity index (χ3n) is 8.32. The van der Waals surface area contributed by atoms with Crippen LogP contribution in [0.3, 0.4) is 0 Å². The number of carbonyl (C=O) groups is 3. The first-order chi connectivity index (χ1) is 16.4. The third-order valence-corrected chi connectivity index (χ3v) is 10.3. The largest absolute Gasteiger partial charge is 0.481 e. The molecule has 35 heavy (non-hydrogen) atoms. The summed E-state index contributed by atoms with van der Waals surface area (Å²) in [6.07, 6.45) is 2.89.